The molecule has 0 saturated heterocycles. The molecule has 0 spiro atoms. The van der Waals surface area contributed by atoms with Gasteiger partial charge in [-0.05, 0) is 46.5 Å². The van der Waals surface area contributed by atoms with Crippen molar-refractivity contribution in [2.24, 2.45) is 0 Å². The van der Waals surface area contributed by atoms with E-state index in [4.69, 9.17) is 9.84 Å². The number of carboxylic acids is 1. The van der Waals surface area contributed by atoms with Crippen molar-refractivity contribution in [3.05, 3.63) is 28.2 Å². The van der Waals surface area contributed by atoms with Gasteiger partial charge in [0.15, 0.2) is 0 Å². The molecule has 3 nitrogen and oxygen atoms in total. The number of halogens is 1. The number of carbonyl (C=O) groups is 1. The minimum atomic E-state index is -0.744. The predicted molar refractivity (Wildman–Crippen MR) is 59.2 cm³/mol. The van der Waals surface area contributed by atoms with E-state index in [-0.39, 0.29) is 0 Å². The summed E-state index contributed by atoms with van der Waals surface area (Å²) < 4.78 is 5.99. The van der Waals surface area contributed by atoms with Gasteiger partial charge >= 0.3 is 5.97 Å². The smallest absolute Gasteiger partial charge is 0.314 e. The van der Waals surface area contributed by atoms with Crippen molar-refractivity contribution in [2.45, 2.75) is 18.3 Å². The molecule has 15 heavy (non-hydrogen) atoms. The largest absolute Gasteiger partial charge is 0.496 e. The average Bonchev–Trinajstić information content (AvgIpc) is 2.99. The monoisotopic (exact) mass is 270 g/mol. The van der Waals surface area contributed by atoms with E-state index in [2.05, 4.69) is 15.9 Å². The van der Waals surface area contributed by atoms with E-state index in [1.54, 1.807) is 13.2 Å². The second kappa shape index (κ2) is 3.52. The number of hydrogen-bond acceptors (Lipinski definition) is 2. The molecule has 0 unspecified atom stereocenters. The highest BCUT2D eigenvalue weighted by atomic mass is 79.9. The maximum Gasteiger partial charge on any atom is 0.314 e. The highest BCUT2D eigenvalue weighted by Gasteiger charge is 2.51. The van der Waals surface area contributed by atoms with Gasteiger partial charge < -0.3 is 9.84 Å². The fourth-order valence-electron chi connectivity index (χ4n) is 1.71. The van der Waals surface area contributed by atoms with E-state index in [0.29, 0.717) is 18.6 Å². The summed E-state index contributed by atoms with van der Waals surface area (Å²) in [6.07, 6.45) is 1.43. The summed E-state index contributed by atoms with van der Waals surface area (Å²) >= 11 is 3.34. The summed E-state index contributed by atoms with van der Waals surface area (Å²) in [6.45, 7) is 0. The van der Waals surface area contributed by atoms with Crippen LogP contribution in [0.3, 0.4) is 0 Å². The molecule has 0 atom stereocenters. The van der Waals surface area contributed by atoms with E-state index in [9.17, 15) is 4.79 Å². The molecule has 1 N–H and O–H groups in total. The molecule has 1 aliphatic rings. The molecule has 0 radical (unpaired) electrons. The normalized spacial score (nSPS) is 17.2. The number of carboxylic acid groups (broad SMARTS) is 1. The van der Waals surface area contributed by atoms with Crippen LogP contribution in [0.1, 0.15) is 18.4 Å². The van der Waals surface area contributed by atoms with Crippen molar-refractivity contribution < 1.29 is 14.6 Å². The number of rotatable bonds is 3. The van der Waals surface area contributed by atoms with Gasteiger partial charge in [0.05, 0.1) is 17.0 Å². The molecule has 0 heterocycles. The summed E-state index contributed by atoms with van der Waals surface area (Å²) in [7, 11) is 1.57. The van der Waals surface area contributed by atoms with E-state index in [1.807, 2.05) is 12.1 Å². The molecule has 4 heteroatoms. The van der Waals surface area contributed by atoms with Crippen LogP contribution in [0.2, 0.25) is 0 Å². The van der Waals surface area contributed by atoms with Crippen LogP contribution >= 0.6 is 15.9 Å². The molecular formula is C11H11BrO3. The quantitative estimate of drug-likeness (QED) is 0.919. The van der Waals surface area contributed by atoms with Gasteiger partial charge in [0.2, 0.25) is 0 Å². The lowest BCUT2D eigenvalue weighted by atomic mass is 9.96. The van der Waals surface area contributed by atoms with Gasteiger partial charge in [-0.2, -0.15) is 0 Å². The minimum Gasteiger partial charge on any atom is -0.496 e. The molecule has 2 rings (SSSR count). The Bertz CT molecular complexity index is 410. The van der Waals surface area contributed by atoms with Gasteiger partial charge in [-0.15, -0.1) is 0 Å². The summed E-state index contributed by atoms with van der Waals surface area (Å²) in [4.78, 5) is 11.1. The fourth-order valence-corrected chi connectivity index (χ4v) is 2.12. The number of aliphatic carboxylic acids is 1. The predicted octanol–water partition coefficient (Wildman–Crippen LogP) is 2.57. The van der Waals surface area contributed by atoms with Crippen LogP contribution < -0.4 is 4.74 Å². The van der Waals surface area contributed by atoms with E-state index < -0.39 is 11.4 Å². The summed E-state index contributed by atoms with van der Waals surface area (Å²) in [5.41, 5.74) is 0.170. The Morgan fingerprint density at radius 1 is 1.53 bits per heavy atom. The molecule has 1 fully saturated rings. The van der Waals surface area contributed by atoms with Gasteiger partial charge in [-0.1, -0.05) is 6.07 Å². The first-order chi connectivity index (χ1) is 7.10. The zero-order valence-electron chi connectivity index (χ0n) is 8.29. The first-order valence-corrected chi connectivity index (χ1v) is 5.47. The molecule has 0 amide bonds. The Balaban J connectivity index is 2.42. The van der Waals surface area contributed by atoms with E-state index >= 15 is 0 Å². The molecule has 80 valence electrons. The van der Waals surface area contributed by atoms with Crippen LogP contribution in [-0.4, -0.2) is 18.2 Å². The third-order valence-corrected chi connectivity index (χ3v) is 3.52. The van der Waals surface area contributed by atoms with Crippen molar-refractivity contribution >= 4 is 21.9 Å². The molecule has 1 aliphatic carbocycles. The lowest BCUT2D eigenvalue weighted by Gasteiger charge is -2.12. The number of benzene rings is 1. The van der Waals surface area contributed by atoms with Gasteiger partial charge in [0.25, 0.3) is 0 Å². The Kier molecular flexibility index (Phi) is 2.46. The van der Waals surface area contributed by atoms with Gasteiger partial charge in [-0.25, -0.2) is 0 Å². The SMILES string of the molecule is COc1cc(C2(C(=O)O)CC2)ccc1Br. The standard InChI is InChI=1S/C11H11BrO3/c1-15-9-6-7(2-3-8(9)12)11(4-5-11)10(13)14/h2-3,6H,4-5H2,1H3,(H,13,14). The molecular weight excluding hydrogens is 260 g/mol. The Morgan fingerprint density at radius 3 is 2.67 bits per heavy atom. The van der Waals surface area contributed by atoms with Crippen LogP contribution in [-0.2, 0) is 10.2 Å². The maximum absolute atomic E-state index is 11.1. The van der Waals surface area contributed by atoms with Crippen molar-refractivity contribution in [3.8, 4) is 5.75 Å². The molecule has 1 aromatic carbocycles. The highest BCUT2D eigenvalue weighted by Crippen LogP contribution is 2.49. The molecule has 0 bridgehead atoms. The van der Waals surface area contributed by atoms with E-state index in [1.165, 1.54) is 0 Å². The van der Waals surface area contributed by atoms with Gasteiger partial charge in [0.1, 0.15) is 5.75 Å². The van der Waals surface area contributed by atoms with Gasteiger partial charge in [-0.3, -0.25) is 4.79 Å². The first kappa shape index (κ1) is 10.5. The summed E-state index contributed by atoms with van der Waals surface area (Å²) in [5.74, 6) is -0.0631. The van der Waals surface area contributed by atoms with Crippen molar-refractivity contribution in [1.82, 2.24) is 0 Å². The lowest BCUT2D eigenvalue weighted by molar-refractivity contribution is -0.140. The van der Waals surface area contributed by atoms with Crippen LogP contribution in [0.5, 0.6) is 5.75 Å². The summed E-state index contributed by atoms with van der Waals surface area (Å²) in [5, 5.41) is 9.14. The van der Waals surface area contributed by atoms with Crippen LogP contribution in [0.25, 0.3) is 0 Å². The average molecular weight is 271 g/mol. The number of ether oxygens (including phenoxy) is 1. The summed E-state index contributed by atoms with van der Waals surface area (Å²) in [6, 6.07) is 5.47. The third kappa shape index (κ3) is 1.63. The second-order valence-electron chi connectivity index (χ2n) is 3.74. The van der Waals surface area contributed by atoms with Crippen LogP contribution in [0.15, 0.2) is 22.7 Å². The van der Waals surface area contributed by atoms with Gasteiger partial charge in [0, 0.05) is 0 Å². The number of methoxy groups -OCH3 is 1. The Labute approximate surface area is 96.2 Å². The molecule has 1 aromatic rings. The zero-order chi connectivity index (χ0) is 11.1. The topological polar surface area (TPSA) is 46.5 Å². The molecule has 1 saturated carbocycles. The lowest BCUT2D eigenvalue weighted by Crippen LogP contribution is -2.19. The molecule has 0 aromatic heterocycles. The highest BCUT2D eigenvalue weighted by molar-refractivity contribution is 9.10. The van der Waals surface area contributed by atoms with Crippen LogP contribution in [0.4, 0.5) is 0 Å². The van der Waals surface area contributed by atoms with Crippen LogP contribution in [0, 0.1) is 0 Å². The van der Waals surface area contributed by atoms with Crippen molar-refractivity contribution in [3.63, 3.8) is 0 Å². The van der Waals surface area contributed by atoms with E-state index in [0.717, 1.165) is 10.0 Å². The van der Waals surface area contributed by atoms with Crippen molar-refractivity contribution in [2.75, 3.05) is 7.11 Å². The first-order valence-electron chi connectivity index (χ1n) is 4.67. The fraction of sp³-hybridized carbons (Fsp3) is 0.364. The molecule has 0 aliphatic heterocycles. The zero-order valence-corrected chi connectivity index (χ0v) is 9.87. The van der Waals surface area contributed by atoms with Crippen molar-refractivity contribution in [1.29, 1.82) is 0 Å². The minimum absolute atomic E-state index is 0.659. The Morgan fingerprint density at radius 2 is 2.20 bits per heavy atom. The second-order valence-corrected chi connectivity index (χ2v) is 4.59. The maximum atomic E-state index is 11.1. The Hall–Kier alpha value is -1.03. The number of hydrogen-bond donors (Lipinski definition) is 1. The third-order valence-electron chi connectivity index (χ3n) is 2.86.